The van der Waals surface area contributed by atoms with E-state index in [0.717, 1.165) is 26.0 Å². The smallest absolute Gasteiger partial charge is 0.0551 e. The molecule has 1 aromatic rings. The highest BCUT2D eigenvalue weighted by atomic mass is 16.5. The van der Waals surface area contributed by atoms with Crippen LogP contribution in [0.3, 0.4) is 0 Å². The molecule has 0 spiro atoms. The van der Waals surface area contributed by atoms with E-state index in [1.165, 1.54) is 11.1 Å². The van der Waals surface area contributed by atoms with Gasteiger partial charge in [-0.2, -0.15) is 0 Å². The molecule has 118 valence electrons. The number of nitrogens with one attached hydrogen (secondary N) is 1. The van der Waals surface area contributed by atoms with Crippen LogP contribution in [0.15, 0.2) is 24.3 Å². The van der Waals surface area contributed by atoms with Crippen molar-refractivity contribution in [2.75, 3.05) is 13.2 Å². The molecule has 1 aliphatic rings. The van der Waals surface area contributed by atoms with Gasteiger partial charge in [-0.15, -0.1) is 0 Å². The summed E-state index contributed by atoms with van der Waals surface area (Å²) in [4.78, 5) is 0. The Morgan fingerprint density at radius 3 is 2.38 bits per heavy atom. The number of benzene rings is 1. The van der Waals surface area contributed by atoms with Crippen molar-refractivity contribution in [3.8, 4) is 0 Å². The van der Waals surface area contributed by atoms with E-state index >= 15 is 0 Å². The Bertz CT molecular complexity index is 437. The molecule has 2 nitrogen and oxygen atoms in total. The van der Waals surface area contributed by atoms with Gasteiger partial charge in [-0.25, -0.2) is 0 Å². The summed E-state index contributed by atoms with van der Waals surface area (Å²) < 4.78 is 5.77. The average molecular weight is 289 g/mol. The molecule has 2 heteroatoms. The van der Waals surface area contributed by atoms with Crippen LogP contribution in [-0.4, -0.2) is 19.3 Å². The summed E-state index contributed by atoms with van der Waals surface area (Å²) in [7, 11) is 0. The first-order chi connectivity index (χ1) is 9.97. The molecule has 1 aromatic carbocycles. The first-order valence-electron chi connectivity index (χ1n) is 8.43. The second kappa shape index (κ2) is 6.93. The third kappa shape index (κ3) is 3.87. The number of ether oxygens (including phenoxy) is 1. The topological polar surface area (TPSA) is 21.3 Å². The molecule has 0 aliphatic carbocycles. The van der Waals surface area contributed by atoms with Gasteiger partial charge in [0, 0.05) is 12.0 Å². The Morgan fingerprint density at radius 1 is 1.24 bits per heavy atom. The fraction of sp³-hybridized carbons (Fsp3) is 0.684. The minimum Gasteiger partial charge on any atom is -0.378 e. The number of hydrogen-bond acceptors (Lipinski definition) is 2. The highest BCUT2D eigenvalue weighted by molar-refractivity contribution is 5.30. The molecule has 21 heavy (non-hydrogen) atoms. The lowest BCUT2D eigenvalue weighted by atomic mass is 9.81. The minimum atomic E-state index is 0.261. The molecule has 1 aliphatic heterocycles. The minimum absolute atomic E-state index is 0.261. The van der Waals surface area contributed by atoms with Crippen LogP contribution in [0, 0.1) is 5.92 Å². The molecule has 1 heterocycles. The summed E-state index contributed by atoms with van der Waals surface area (Å²) in [5, 5.41) is 3.65. The Balaban J connectivity index is 2.17. The summed E-state index contributed by atoms with van der Waals surface area (Å²) in [5.41, 5.74) is 3.09. The van der Waals surface area contributed by atoms with E-state index in [4.69, 9.17) is 4.74 Å². The maximum atomic E-state index is 5.77. The molecule has 0 aromatic heterocycles. The van der Waals surface area contributed by atoms with Gasteiger partial charge in [-0.05, 0) is 42.9 Å². The fourth-order valence-corrected chi connectivity index (χ4v) is 3.20. The predicted molar refractivity (Wildman–Crippen MR) is 89.7 cm³/mol. The van der Waals surface area contributed by atoms with E-state index < -0.39 is 0 Å². The van der Waals surface area contributed by atoms with Crippen molar-refractivity contribution in [2.45, 2.75) is 65.0 Å². The fourth-order valence-electron chi connectivity index (χ4n) is 3.20. The Morgan fingerprint density at radius 2 is 1.90 bits per heavy atom. The SMILES string of the molecule is CCNC(c1ccc(C(C)(C)CC)cc1)C1COC(C)C1. The van der Waals surface area contributed by atoms with Crippen LogP contribution in [0.4, 0.5) is 0 Å². The first-order valence-corrected chi connectivity index (χ1v) is 8.43. The van der Waals surface area contributed by atoms with Crippen LogP contribution in [0.1, 0.15) is 64.6 Å². The molecule has 3 atom stereocenters. The van der Waals surface area contributed by atoms with Crippen molar-refractivity contribution in [3.63, 3.8) is 0 Å². The normalized spacial score (nSPS) is 24.2. The van der Waals surface area contributed by atoms with Crippen molar-refractivity contribution in [2.24, 2.45) is 5.92 Å². The zero-order valence-electron chi connectivity index (χ0n) is 14.3. The van der Waals surface area contributed by atoms with Gasteiger partial charge in [0.05, 0.1) is 12.7 Å². The summed E-state index contributed by atoms with van der Waals surface area (Å²) in [6.07, 6.45) is 2.71. The maximum absolute atomic E-state index is 5.77. The molecule has 0 bridgehead atoms. The number of rotatable bonds is 6. The molecule has 1 N–H and O–H groups in total. The Kier molecular flexibility index (Phi) is 5.45. The van der Waals surface area contributed by atoms with Crippen molar-refractivity contribution in [1.82, 2.24) is 5.32 Å². The summed E-state index contributed by atoms with van der Waals surface area (Å²) in [6.45, 7) is 13.1. The zero-order valence-corrected chi connectivity index (χ0v) is 14.3. The number of hydrogen-bond donors (Lipinski definition) is 1. The standard InChI is InChI=1S/C19H31NO/c1-6-19(4,5)17-10-8-15(9-11-17)18(20-7-2)16-12-14(3)21-13-16/h8-11,14,16,18,20H,6-7,12-13H2,1-5H3. The lowest BCUT2D eigenvalue weighted by molar-refractivity contribution is 0.117. The molecule has 1 fully saturated rings. The van der Waals surface area contributed by atoms with Crippen LogP contribution >= 0.6 is 0 Å². The van der Waals surface area contributed by atoms with Crippen molar-refractivity contribution in [1.29, 1.82) is 0 Å². The van der Waals surface area contributed by atoms with E-state index in [9.17, 15) is 0 Å². The van der Waals surface area contributed by atoms with Crippen LogP contribution < -0.4 is 5.32 Å². The third-order valence-corrected chi connectivity index (χ3v) is 5.06. The van der Waals surface area contributed by atoms with Gasteiger partial charge in [-0.3, -0.25) is 0 Å². The van der Waals surface area contributed by atoms with Crippen LogP contribution in [0.5, 0.6) is 0 Å². The van der Waals surface area contributed by atoms with Crippen molar-refractivity contribution in [3.05, 3.63) is 35.4 Å². The van der Waals surface area contributed by atoms with Crippen LogP contribution in [0.25, 0.3) is 0 Å². The van der Waals surface area contributed by atoms with E-state index in [-0.39, 0.29) is 5.41 Å². The lowest BCUT2D eigenvalue weighted by Gasteiger charge is -2.27. The van der Waals surface area contributed by atoms with Gasteiger partial charge in [0.1, 0.15) is 0 Å². The molecular formula is C19H31NO. The molecule has 1 saturated heterocycles. The van der Waals surface area contributed by atoms with E-state index in [1.807, 2.05) is 0 Å². The van der Waals surface area contributed by atoms with Gasteiger partial charge in [0.2, 0.25) is 0 Å². The second-order valence-electron chi connectivity index (χ2n) is 7.03. The summed E-state index contributed by atoms with van der Waals surface area (Å²) >= 11 is 0. The largest absolute Gasteiger partial charge is 0.378 e. The van der Waals surface area contributed by atoms with E-state index in [2.05, 4.69) is 64.2 Å². The maximum Gasteiger partial charge on any atom is 0.0551 e. The van der Waals surface area contributed by atoms with Gasteiger partial charge >= 0.3 is 0 Å². The predicted octanol–water partition coefficient (Wildman–Crippen LogP) is 4.45. The van der Waals surface area contributed by atoms with Crippen molar-refractivity contribution >= 4 is 0 Å². The molecule has 3 unspecified atom stereocenters. The van der Waals surface area contributed by atoms with Crippen molar-refractivity contribution < 1.29 is 4.74 Å². The zero-order chi connectivity index (χ0) is 15.5. The van der Waals surface area contributed by atoms with Gasteiger partial charge in [0.25, 0.3) is 0 Å². The lowest BCUT2D eigenvalue weighted by Crippen LogP contribution is -2.28. The Hall–Kier alpha value is -0.860. The second-order valence-corrected chi connectivity index (χ2v) is 7.03. The van der Waals surface area contributed by atoms with Crippen LogP contribution in [-0.2, 0) is 10.2 Å². The monoisotopic (exact) mass is 289 g/mol. The van der Waals surface area contributed by atoms with E-state index in [1.54, 1.807) is 0 Å². The average Bonchev–Trinajstić information content (AvgIpc) is 2.91. The third-order valence-electron chi connectivity index (χ3n) is 5.06. The van der Waals surface area contributed by atoms with Crippen LogP contribution in [0.2, 0.25) is 0 Å². The molecule has 0 saturated carbocycles. The molecule has 0 amide bonds. The quantitative estimate of drug-likeness (QED) is 0.835. The van der Waals surface area contributed by atoms with Gasteiger partial charge in [0.15, 0.2) is 0 Å². The molecular weight excluding hydrogens is 258 g/mol. The Labute approximate surface area is 130 Å². The summed E-state index contributed by atoms with van der Waals surface area (Å²) in [5.74, 6) is 0.588. The first kappa shape index (κ1) is 16.5. The highest BCUT2D eigenvalue weighted by Gasteiger charge is 2.30. The summed E-state index contributed by atoms with van der Waals surface area (Å²) in [6, 6.07) is 9.65. The highest BCUT2D eigenvalue weighted by Crippen LogP contribution is 2.33. The molecule has 2 rings (SSSR count). The molecule has 0 radical (unpaired) electrons. The van der Waals surface area contributed by atoms with E-state index in [0.29, 0.717) is 18.1 Å². The van der Waals surface area contributed by atoms with Gasteiger partial charge in [-0.1, -0.05) is 52.0 Å². The van der Waals surface area contributed by atoms with Gasteiger partial charge < -0.3 is 10.1 Å².